The summed E-state index contributed by atoms with van der Waals surface area (Å²) in [7, 11) is 0. The Morgan fingerprint density at radius 3 is 0.950 bits per heavy atom. The fraction of sp³-hybridized carbons (Fsp3) is 0.357. The van der Waals surface area contributed by atoms with Crippen LogP contribution in [0.25, 0.3) is 0 Å². The standard InChI is InChI=1S/C56H66N4/c1-52(2,3)40-21-29-44(30-22-40)57-38-37-56(39-58(49-18-14-13-17-48(49)57)45-31-23-41(24-32-45)53(4,5)6)59(46-33-25-42(26-34-46)54(7,8)9)50-19-15-16-20-51(50)60(56)47-35-27-43(28-36-47)55(10,11)12/h13-36H,37-39H2,1-12H3. The molecule has 0 bridgehead atoms. The van der Waals surface area contributed by atoms with E-state index in [0.717, 1.165) is 13.0 Å². The highest BCUT2D eigenvalue weighted by atomic mass is 15.5. The van der Waals surface area contributed by atoms with Crippen molar-refractivity contribution in [3.8, 4) is 0 Å². The molecule has 4 nitrogen and oxygen atoms in total. The van der Waals surface area contributed by atoms with E-state index in [-0.39, 0.29) is 21.7 Å². The van der Waals surface area contributed by atoms with Crippen LogP contribution in [0.2, 0.25) is 0 Å². The molecule has 0 atom stereocenters. The van der Waals surface area contributed by atoms with Crippen molar-refractivity contribution in [3.63, 3.8) is 0 Å². The molecule has 0 aromatic heterocycles. The van der Waals surface area contributed by atoms with Gasteiger partial charge in [-0.25, -0.2) is 0 Å². The molecule has 310 valence electrons. The second-order valence-electron chi connectivity index (χ2n) is 21.3. The van der Waals surface area contributed by atoms with E-state index in [1.54, 1.807) is 0 Å². The molecule has 0 saturated carbocycles. The average molecular weight is 795 g/mol. The SMILES string of the molecule is CC(C)(C)c1ccc(N2CCC3(CN(c4ccc(C(C)(C)C)cc4)c4ccccc42)N(c2ccc(C(C)(C)C)cc2)c2ccccc2N3c2ccc(C(C)(C)C)cc2)cc1. The van der Waals surface area contributed by atoms with Gasteiger partial charge in [0.15, 0.2) is 0 Å². The lowest BCUT2D eigenvalue weighted by Crippen LogP contribution is -2.61. The van der Waals surface area contributed by atoms with Crippen molar-refractivity contribution in [2.75, 3.05) is 32.7 Å². The van der Waals surface area contributed by atoms with Crippen molar-refractivity contribution >= 4 is 45.5 Å². The van der Waals surface area contributed by atoms with E-state index in [9.17, 15) is 0 Å². The molecule has 6 aromatic rings. The van der Waals surface area contributed by atoms with E-state index < -0.39 is 5.66 Å². The Morgan fingerprint density at radius 1 is 0.333 bits per heavy atom. The molecule has 0 N–H and O–H groups in total. The summed E-state index contributed by atoms with van der Waals surface area (Å²) in [5, 5.41) is 0. The smallest absolute Gasteiger partial charge is 0.142 e. The number of benzene rings is 6. The highest BCUT2D eigenvalue weighted by Gasteiger charge is 2.53. The molecule has 2 aliphatic heterocycles. The summed E-state index contributed by atoms with van der Waals surface area (Å²) in [6.07, 6.45) is 0.843. The number of fused-ring (bicyclic) bond motifs is 2. The monoisotopic (exact) mass is 795 g/mol. The summed E-state index contributed by atoms with van der Waals surface area (Å²) in [4.78, 5) is 10.5. The first kappa shape index (κ1) is 41.3. The van der Waals surface area contributed by atoms with Gasteiger partial charge in [-0.3, -0.25) is 0 Å². The third-order valence-corrected chi connectivity index (χ3v) is 12.9. The summed E-state index contributed by atoms with van der Waals surface area (Å²) >= 11 is 0. The first-order chi connectivity index (χ1) is 28.3. The van der Waals surface area contributed by atoms with Crippen molar-refractivity contribution in [2.45, 2.75) is 117 Å². The molecule has 2 heterocycles. The predicted octanol–water partition coefficient (Wildman–Crippen LogP) is 15.2. The molecule has 4 heteroatoms. The Labute approximate surface area is 361 Å². The predicted molar refractivity (Wildman–Crippen MR) is 259 cm³/mol. The van der Waals surface area contributed by atoms with Gasteiger partial charge in [0.25, 0.3) is 0 Å². The third-order valence-electron chi connectivity index (χ3n) is 12.9. The van der Waals surface area contributed by atoms with E-state index in [1.165, 1.54) is 67.8 Å². The fourth-order valence-electron chi connectivity index (χ4n) is 9.27. The van der Waals surface area contributed by atoms with Gasteiger partial charge in [-0.15, -0.1) is 0 Å². The maximum absolute atomic E-state index is 2.68. The van der Waals surface area contributed by atoms with Crippen LogP contribution in [-0.4, -0.2) is 18.8 Å². The minimum atomic E-state index is -0.560. The van der Waals surface area contributed by atoms with Crippen LogP contribution >= 0.6 is 0 Å². The van der Waals surface area contributed by atoms with Gasteiger partial charge in [-0.1, -0.05) is 156 Å². The molecule has 8 rings (SSSR count). The topological polar surface area (TPSA) is 13.0 Å². The summed E-state index contributed by atoms with van der Waals surface area (Å²) in [5.74, 6) is 0. The molecule has 0 saturated heterocycles. The van der Waals surface area contributed by atoms with Crippen molar-refractivity contribution < 1.29 is 0 Å². The summed E-state index contributed by atoms with van der Waals surface area (Å²) in [5.41, 5.74) is 14.6. The first-order valence-electron chi connectivity index (χ1n) is 22.0. The van der Waals surface area contributed by atoms with E-state index in [1.807, 2.05) is 0 Å². The van der Waals surface area contributed by atoms with Crippen molar-refractivity contribution in [3.05, 3.63) is 168 Å². The maximum Gasteiger partial charge on any atom is 0.142 e. The molecule has 6 aromatic carbocycles. The van der Waals surface area contributed by atoms with Crippen LogP contribution in [0.15, 0.2) is 146 Å². The molecule has 0 radical (unpaired) electrons. The first-order valence-corrected chi connectivity index (χ1v) is 22.0. The lowest BCUT2D eigenvalue weighted by molar-refractivity contribution is 0.418. The van der Waals surface area contributed by atoms with Crippen LogP contribution in [0, 0.1) is 0 Å². The quantitative estimate of drug-likeness (QED) is 0.176. The highest BCUT2D eigenvalue weighted by molar-refractivity contribution is 5.92. The Kier molecular flexibility index (Phi) is 10.3. The van der Waals surface area contributed by atoms with Gasteiger partial charge in [-0.05, 0) is 117 Å². The van der Waals surface area contributed by atoms with Gasteiger partial charge in [0.2, 0.25) is 0 Å². The van der Waals surface area contributed by atoms with E-state index in [4.69, 9.17) is 0 Å². The number of nitrogens with zero attached hydrogens (tertiary/aromatic N) is 4. The number of hydrogen-bond donors (Lipinski definition) is 0. The van der Waals surface area contributed by atoms with Crippen LogP contribution in [0.5, 0.6) is 0 Å². The number of anilines is 8. The van der Waals surface area contributed by atoms with Crippen molar-refractivity contribution in [1.29, 1.82) is 0 Å². The van der Waals surface area contributed by atoms with Crippen molar-refractivity contribution in [1.82, 2.24) is 0 Å². The van der Waals surface area contributed by atoms with E-state index in [0.29, 0.717) is 6.54 Å². The van der Waals surface area contributed by atoms with Gasteiger partial charge in [0.05, 0.1) is 29.3 Å². The minimum Gasteiger partial charge on any atom is -0.340 e. The van der Waals surface area contributed by atoms with Crippen LogP contribution in [0.3, 0.4) is 0 Å². The van der Waals surface area contributed by atoms with Gasteiger partial charge in [-0.2, -0.15) is 0 Å². The molecule has 0 unspecified atom stereocenters. The van der Waals surface area contributed by atoms with Crippen LogP contribution in [-0.2, 0) is 21.7 Å². The zero-order chi connectivity index (χ0) is 42.8. The van der Waals surface area contributed by atoms with E-state index in [2.05, 4.69) is 248 Å². The molecule has 0 amide bonds. The molecule has 1 spiro atoms. The Hall–Kier alpha value is -5.48. The van der Waals surface area contributed by atoms with Gasteiger partial charge < -0.3 is 19.6 Å². The molecule has 0 fully saturated rings. The Bertz CT molecular complexity index is 2350. The molecular formula is C56H66N4. The Morgan fingerprint density at radius 2 is 0.617 bits per heavy atom. The van der Waals surface area contributed by atoms with Crippen LogP contribution in [0.4, 0.5) is 45.5 Å². The van der Waals surface area contributed by atoms with E-state index >= 15 is 0 Å². The molecule has 60 heavy (non-hydrogen) atoms. The lowest BCUT2D eigenvalue weighted by Gasteiger charge is -2.51. The average Bonchev–Trinajstić information content (AvgIpc) is 3.48. The summed E-state index contributed by atoms with van der Waals surface area (Å²) in [6.45, 7) is 29.1. The fourth-order valence-corrected chi connectivity index (χ4v) is 9.27. The second kappa shape index (κ2) is 14.9. The Balaban J connectivity index is 1.41. The lowest BCUT2D eigenvalue weighted by atomic mass is 9.86. The number of rotatable bonds is 4. The largest absolute Gasteiger partial charge is 0.340 e. The molecule has 2 aliphatic rings. The minimum absolute atomic E-state index is 0.0446. The zero-order valence-electron chi connectivity index (χ0n) is 38.3. The second-order valence-corrected chi connectivity index (χ2v) is 21.3. The summed E-state index contributed by atoms with van der Waals surface area (Å²) < 4.78 is 0. The van der Waals surface area contributed by atoms with Gasteiger partial charge >= 0.3 is 0 Å². The highest BCUT2D eigenvalue weighted by Crippen LogP contribution is 2.57. The molecular weight excluding hydrogens is 729 g/mol. The summed E-state index contributed by atoms with van der Waals surface area (Å²) in [6, 6.07) is 55.7. The maximum atomic E-state index is 2.68. The third kappa shape index (κ3) is 7.59. The molecule has 0 aliphatic carbocycles. The van der Waals surface area contributed by atoms with Gasteiger partial charge in [0.1, 0.15) is 5.66 Å². The number of para-hydroxylation sites is 4. The number of hydrogen-bond acceptors (Lipinski definition) is 4. The van der Waals surface area contributed by atoms with Gasteiger partial charge in [0, 0.05) is 35.7 Å². The van der Waals surface area contributed by atoms with Crippen LogP contribution in [0.1, 0.15) is 112 Å². The zero-order valence-corrected chi connectivity index (χ0v) is 38.3. The van der Waals surface area contributed by atoms with Crippen LogP contribution < -0.4 is 19.6 Å². The van der Waals surface area contributed by atoms with Crippen molar-refractivity contribution in [2.24, 2.45) is 0 Å². The normalized spacial score (nSPS) is 15.8.